The van der Waals surface area contributed by atoms with Gasteiger partial charge in [-0.05, 0) is 51.0 Å². The predicted octanol–water partition coefficient (Wildman–Crippen LogP) is 3.77. The molecule has 1 aliphatic rings. The van der Waals surface area contributed by atoms with E-state index < -0.39 is 0 Å². The Labute approximate surface area is 125 Å². The predicted molar refractivity (Wildman–Crippen MR) is 84.9 cm³/mol. The van der Waals surface area contributed by atoms with Gasteiger partial charge in [-0.25, -0.2) is 9.97 Å². The molecule has 0 unspecified atom stereocenters. The lowest BCUT2D eigenvalue weighted by molar-refractivity contribution is 0.415. The van der Waals surface area contributed by atoms with Crippen molar-refractivity contribution in [3.05, 3.63) is 35.7 Å². The van der Waals surface area contributed by atoms with E-state index >= 15 is 0 Å². The summed E-state index contributed by atoms with van der Waals surface area (Å²) in [5, 5.41) is 3.36. The Morgan fingerprint density at radius 1 is 1.19 bits per heavy atom. The summed E-state index contributed by atoms with van der Waals surface area (Å²) in [6.45, 7) is 5.03. The van der Waals surface area contributed by atoms with Crippen LogP contribution in [0.25, 0.3) is 11.3 Å². The van der Waals surface area contributed by atoms with Gasteiger partial charge in [-0.2, -0.15) is 0 Å². The Morgan fingerprint density at radius 3 is 2.48 bits per heavy atom. The number of hydrogen-bond acceptors (Lipinski definition) is 4. The molecule has 1 aromatic carbocycles. The zero-order valence-electron chi connectivity index (χ0n) is 12.8. The van der Waals surface area contributed by atoms with E-state index in [9.17, 15) is 0 Å². The van der Waals surface area contributed by atoms with E-state index in [0.717, 1.165) is 40.8 Å². The van der Waals surface area contributed by atoms with E-state index in [1.54, 1.807) is 7.11 Å². The van der Waals surface area contributed by atoms with Crippen LogP contribution < -0.4 is 10.1 Å². The van der Waals surface area contributed by atoms with Gasteiger partial charge in [0.25, 0.3) is 0 Å². The standard InChI is InChI=1S/C17H21N3O/c1-4-18-16-11(2)15(19-17(20-16)13-5-6-13)12-7-9-14(21-3)10-8-12/h7-10,13H,4-6H2,1-3H3,(H,18,19,20). The van der Waals surface area contributed by atoms with Crippen LogP contribution in [0.3, 0.4) is 0 Å². The quantitative estimate of drug-likeness (QED) is 0.907. The fourth-order valence-electron chi connectivity index (χ4n) is 2.43. The van der Waals surface area contributed by atoms with Crippen molar-refractivity contribution in [1.29, 1.82) is 0 Å². The number of anilines is 1. The van der Waals surface area contributed by atoms with Gasteiger partial charge in [0.2, 0.25) is 0 Å². The average Bonchev–Trinajstić information content (AvgIpc) is 3.34. The first-order valence-corrected chi connectivity index (χ1v) is 7.49. The van der Waals surface area contributed by atoms with Crippen molar-refractivity contribution in [3.8, 4) is 17.0 Å². The van der Waals surface area contributed by atoms with Crippen molar-refractivity contribution >= 4 is 5.82 Å². The fourth-order valence-corrected chi connectivity index (χ4v) is 2.43. The van der Waals surface area contributed by atoms with Gasteiger partial charge in [0, 0.05) is 23.6 Å². The Bertz CT molecular complexity index is 633. The molecule has 0 saturated heterocycles. The molecule has 2 aromatic rings. The highest BCUT2D eigenvalue weighted by atomic mass is 16.5. The summed E-state index contributed by atoms with van der Waals surface area (Å²) in [7, 11) is 1.68. The third-order valence-electron chi connectivity index (χ3n) is 3.81. The lowest BCUT2D eigenvalue weighted by Gasteiger charge is -2.13. The molecule has 1 aliphatic carbocycles. The topological polar surface area (TPSA) is 47.0 Å². The second-order valence-corrected chi connectivity index (χ2v) is 5.44. The summed E-state index contributed by atoms with van der Waals surface area (Å²) in [5.41, 5.74) is 3.23. The van der Waals surface area contributed by atoms with Gasteiger partial charge in [-0.3, -0.25) is 0 Å². The van der Waals surface area contributed by atoms with Crippen LogP contribution >= 0.6 is 0 Å². The molecule has 4 nitrogen and oxygen atoms in total. The molecule has 4 heteroatoms. The zero-order chi connectivity index (χ0) is 14.8. The first kappa shape index (κ1) is 13.9. The van der Waals surface area contributed by atoms with Crippen molar-refractivity contribution in [1.82, 2.24) is 9.97 Å². The van der Waals surface area contributed by atoms with Crippen LogP contribution in [0.2, 0.25) is 0 Å². The Balaban J connectivity index is 2.05. The lowest BCUT2D eigenvalue weighted by atomic mass is 10.1. The van der Waals surface area contributed by atoms with E-state index in [4.69, 9.17) is 14.7 Å². The van der Waals surface area contributed by atoms with Crippen molar-refractivity contribution in [3.63, 3.8) is 0 Å². The molecule has 1 heterocycles. The van der Waals surface area contributed by atoms with Crippen molar-refractivity contribution in [2.24, 2.45) is 0 Å². The molecule has 0 spiro atoms. The summed E-state index contributed by atoms with van der Waals surface area (Å²) >= 11 is 0. The van der Waals surface area contributed by atoms with Crippen LogP contribution in [0, 0.1) is 6.92 Å². The number of benzene rings is 1. The van der Waals surface area contributed by atoms with E-state index in [0.29, 0.717) is 5.92 Å². The molecular weight excluding hydrogens is 262 g/mol. The monoisotopic (exact) mass is 283 g/mol. The highest BCUT2D eigenvalue weighted by molar-refractivity contribution is 5.68. The summed E-state index contributed by atoms with van der Waals surface area (Å²) in [6.07, 6.45) is 2.41. The fraction of sp³-hybridized carbons (Fsp3) is 0.412. The normalized spacial score (nSPS) is 14.0. The SMILES string of the molecule is CCNc1nc(C2CC2)nc(-c2ccc(OC)cc2)c1C. The van der Waals surface area contributed by atoms with Gasteiger partial charge in [0.1, 0.15) is 17.4 Å². The summed E-state index contributed by atoms with van der Waals surface area (Å²) in [5.74, 6) is 3.34. The van der Waals surface area contributed by atoms with E-state index in [1.807, 2.05) is 12.1 Å². The minimum Gasteiger partial charge on any atom is -0.497 e. The van der Waals surface area contributed by atoms with Crippen LogP contribution in [0.5, 0.6) is 5.75 Å². The zero-order valence-corrected chi connectivity index (χ0v) is 12.8. The summed E-state index contributed by atoms with van der Waals surface area (Å²) < 4.78 is 5.22. The molecule has 0 bridgehead atoms. The van der Waals surface area contributed by atoms with Gasteiger partial charge >= 0.3 is 0 Å². The van der Waals surface area contributed by atoms with E-state index in [-0.39, 0.29) is 0 Å². The van der Waals surface area contributed by atoms with Gasteiger partial charge < -0.3 is 10.1 Å². The number of rotatable bonds is 5. The molecule has 0 amide bonds. The summed E-state index contributed by atoms with van der Waals surface area (Å²) in [4.78, 5) is 9.51. The van der Waals surface area contributed by atoms with Crippen molar-refractivity contribution < 1.29 is 4.74 Å². The van der Waals surface area contributed by atoms with Crippen LogP contribution in [0.15, 0.2) is 24.3 Å². The molecule has 0 aliphatic heterocycles. The molecule has 0 atom stereocenters. The van der Waals surface area contributed by atoms with Crippen LogP contribution in [0.1, 0.15) is 37.1 Å². The third-order valence-corrected chi connectivity index (χ3v) is 3.81. The van der Waals surface area contributed by atoms with Crippen LogP contribution in [0.4, 0.5) is 5.82 Å². The maximum Gasteiger partial charge on any atom is 0.134 e. The van der Waals surface area contributed by atoms with Crippen LogP contribution in [-0.4, -0.2) is 23.6 Å². The number of hydrogen-bond donors (Lipinski definition) is 1. The number of nitrogens with one attached hydrogen (secondary N) is 1. The van der Waals surface area contributed by atoms with Crippen molar-refractivity contribution in [2.75, 3.05) is 19.0 Å². The first-order valence-electron chi connectivity index (χ1n) is 7.49. The van der Waals surface area contributed by atoms with Gasteiger partial charge in [-0.1, -0.05) is 0 Å². The van der Waals surface area contributed by atoms with Crippen molar-refractivity contribution in [2.45, 2.75) is 32.6 Å². The molecule has 1 N–H and O–H groups in total. The third kappa shape index (κ3) is 2.84. The maximum atomic E-state index is 5.22. The summed E-state index contributed by atoms with van der Waals surface area (Å²) in [6, 6.07) is 8.06. The molecule has 0 radical (unpaired) electrons. The molecule has 3 rings (SSSR count). The first-order chi connectivity index (χ1) is 10.2. The second-order valence-electron chi connectivity index (χ2n) is 5.44. The number of ether oxygens (including phenoxy) is 1. The second kappa shape index (κ2) is 5.72. The minimum atomic E-state index is 0.542. The lowest BCUT2D eigenvalue weighted by Crippen LogP contribution is -2.07. The molecule has 21 heavy (non-hydrogen) atoms. The highest BCUT2D eigenvalue weighted by Gasteiger charge is 2.28. The molecule has 1 aromatic heterocycles. The molecule has 1 fully saturated rings. The van der Waals surface area contributed by atoms with Crippen LogP contribution in [-0.2, 0) is 0 Å². The number of methoxy groups -OCH3 is 1. The largest absolute Gasteiger partial charge is 0.497 e. The molecule has 110 valence electrons. The van der Waals surface area contributed by atoms with E-state index in [2.05, 4.69) is 31.3 Å². The van der Waals surface area contributed by atoms with Gasteiger partial charge in [0.15, 0.2) is 0 Å². The number of aromatic nitrogens is 2. The Morgan fingerprint density at radius 2 is 1.90 bits per heavy atom. The van der Waals surface area contributed by atoms with E-state index in [1.165, 1.54) is 12.8 Å². The average molecular weight is 283 g/mol. The highest BCUT2D eigenvalue weighted by Crippen LogP contribution is 2.40. The Kier molecular flexibility index (Phi) is 3.78. The van der Waals surface area contributed by atoms with Gasteiger partial charge in [0.05, 0.1) is 12.8 Å². The number of nitrogens with zero attached hydrogens (tertiary/aromatic N) is 2. The molecular formula is C17H21N3O. The minimum absolute atomic E-state index is 0.542. The maximum absolute atomic E-state index is 5.22. The molecule has 1 saturated carbocycles. The van der Waals surface area contributed by atoms with Gasteiger partial charge in [-0.15, -0.1) is 0 Å². The Hall–Kier alpha value is -2.10. The smallest absolute Gasteiger partial charge is 0.134 e.